The van der Waals surface area contributed by atoms with Crippen LogP contribution in [0.25, 0.3) is 11.3 Å². The van der Waals surface area contributed by atoms with Crippen molar-refractivity contribution in [1.29, 1.82) is 0 Å². The van der Waals surface area contributed by atoms with Crippen LogP contribution in [-0.4, -0.2) is 24.5 Å². The van der Waals surface area contributed by atoms with Crippen molar-refractivity contribution in [1.82, 2.24) is 4.98 Å². The van der Waals surface area contributed by atoms with Gasteiger partial charge in [-0.1, -0.05) is 12.1 Å². The summed E-state index contributed by atoms with van der Waals surface area (Å²) in [6, 6.07) is 8.03. The first-order valence-electron chi connectivity index (χ1n) is 6.32. The van der Waals surface area contributed by atoms with Crippen molar-refractivity contribution in [3.63, 3.8) is 0 Å². The average molecular weight is 273 g/mol. The Morgan fingerprint density at radius 3 is 3.00 bits per heavy atom. The Bertz CT molecular complexity index is 608. The second-order valence-corrected chi connectivity index (χ2v) is 5.35. The molecule has 3 rings (SSSR count). The molecule has 1 aliphatic rings. The molecule has 0 unspecified atom stereocenters. The van der Waals surface area contributed by atoms with Crippen LogP contribution in [0.15, 0.2) is 29.6 Å². The summed E-state index contributed by atoms with van der Waals surface area (Å²) in [6.07, 6.45) is 1.61. The smallest absolute Gasteiger partial charge is 0.227 e. The molecule has 2 aromatic rings. The molecule has 1 aliphatic heterocycles. The van der Waals surface area contributed by atoms with E-state index in [1.807, 2.05) is 41.6 Å². The van der Waals surface area contributed by atoms with E-state index in [4.69, 9.17) is 0 Å². The molecule has 1 amide bonds. The normalized spacial score (nSPS) is 15.0. The monoisotopic (exact) mass is 273 g/mol. The second kappa shape index (κ2) is 5.01. The maximum atomic E-state index is 11.8. The highest BCUT2D eigenvalue weighted by Gasteiger charge is 2.21. The van der Waals surface area contributed by atoms with Crippen LogP contribution in [0.1, 0.15) is 12.8 Å². The van der Waals surface area contributed by atoms with Crippen LogP contribution in [0.5, 0.6) is 0 Å². The van der Waals surface area contributed by atoms with Crippen LogP contribution in [-0.2, 0) is 4.79 Å². The molecule has 0 bridgehead atoms. The highest BCUT2D eigenvalue weighted by atomic mass is 32.1. The molecule has 1 aromatic carbocycles. The molecule has 5 heteroatoms. The van der Waals surface area contributed by atoms with E-state index in [1.54, 1.807) is 11.3 Å². The Kier molecular flexibility index (Phi) is 3.21. The summed E-state index contributed by atoms with van der Waals surface area (Å²) in [6.45, 7) is 0.821. The number of rotatable bonds is 3. The van der Waals surface area contributed by atoms with Gasteiger partial charge in [-0.2, -0.15) is 0 Å². The Labute approximate surface area is 116 Å². The highest BCUT2D eigenvalue weighted by Crippen LogP contribution is 2.29. The number of carbonyl (C=O) groups excluding carboxylic acids is 1. The van der Waals surface area contributed by atoms with Gasteiger partial charge in [-0.25, -0.2) is 4.98 Å². The molecular weight excluding hydrogens is 258 g/mol. The molecule has 1 fully saturated rings. The van der Waals surface area contributed by atoms with Gasteiger partial charge in [0, 0.05) is 36.6 Å². The van der Waals surface area contributed by atoms with Gasteiger partial charge in [0.25, 0.3) is 0 Å². The zero-order valence-electron chi connectivity index (χ0n) is 10.7. The van der Waals surface area contributed by atoms with Crippen LogP contribution in [0.2, 0.25) is 0 Å². The fourth-order valence-corrected chi connectivity index (χ4v) is 2.96. The minimum absolute atomic E-state index is 0.214. The quantitative estimate of drug-likeness (QED) is 0.935. The minimum Gasteiger partial charge on any atom is -0.365 e. The molecule has 19 heavy (non-hydrogen) atoms. The number of hydrogen-bond donors (Lipinski definition) is 1. The number of nitrogens with one attached hydrogen (secondary N) is 1. The molecule has 1 aromatic heterocycles. The van der Waals surface area contributed by atoms with Crippen molar-refractivity contribution in [3.8, 4) is 11.3 Å². The Morgan fingerprint density at radius 1 is 1.42 bits per heavy atom. The average Bonchev–Trinajstić information content (AvgIpc) is 3.07. The third-order valence-electron chi connectivity index (χ3n) is 3.25. The number of hydrogen-bond acceptors (Lipinski definition) is 4. The number of aromatic nitrogens is 1. The molecule has 4 nitrogen and oxygen atoms in total. The lowest BCUT2D eigenvalue weighted by molar-refractivity contribution is -0.117. The fraction of sp³-hybridized carbons (Fsp3) is 0.286. The van der Waals surface area contributed by atoms with E-state index in [0.29, 0.717) is 6.42 Å². The largest absolute Gasteiger partial charge is 0.365 e. The molecule has 98 valence electrons. The summed E-state index contributed by atoms with van der Waals surface area (Å²) in [7, 11) is 1.86. The standard InChI is InChI=1S/C14H15N3OS/c1-15-14-16-12(9-19-14)10-4-2-5-11(8-10)17-7-3-6-13(17)18/h2,4-5,8-9H,3,6-7H2,1H3,(H,15,16). The maximum Gasteiger partial charge on any atom is 0.227 e. The van der Waals surface area contributed by atoms with E-state index in [-0.39, 0.29) is 5.91 Å². The van der Waals surface area contributed by atoms with Gasteiger partial charge in [0.15, 0.2) is 5.13 Å². The lowest BCUT2D eigenvalue weighted by atomic mass is 10.1. The van der Waals surface area contributed by atoms with Gasteiger partial charge >= 0.3 is 0 Å². The molecule has 0 spiro atoms. The van der Waals surface area contributed by atoms with Crippen molar-refractivity contribution in [2.24, 2.45) is 0 Å². The Morgan fingerprint density at radius 2 is 2.32 bits per heavy atom. The molecule has 0 aliphatic carbocycles. The number of benzene rings is 1. The number of carbonyl (C=O) groups is 1. The van der Waals surface area contributed by atoms with Gasteiger partial charge in [-0.3, -0.25) is 4.79 Å². The topological polar surface area (TPSA) is 45.2 Å². The number of thiazole rings is 1. The summed E-state index contributed by atoms with van der Waals surface area (Å²) < 4.78 is 0. The second-order valence-electron chi connectivity index (χ2n) is 4.49. The summed E-state index contributed by atoms with van der Waals surface area (Å²) in [4.78, 5) is 18.1. The van der Waals surface area contributed by atoms with E-state index < -0.39 is 0 Å². The number of anilines is 2. The summed E-state index contributed by atoms with van der Waals surface area (Å²) in [5.41, 5.74) is 2.97. The van der Waals surface area contributed by atoms with Crippen LogP contribution < -0.4 is 10.2 Å². The Hall–Kier alpha value is -1.88. The summed E-state index contributed by atoms with van der Waals surface area (Å²) in [5, 5.41) is 5.96. The third kappa shape index (κ3) is 2.33. The van der Waals surface area contributed by atoms with Gasteiger partial charge in [0.1, 0.15) is 0 Å². The lowest BCUT2D eigenvalue weighted by Gasteiger charge is -2.16. The number of nitrogens with zero attached hydrogens (tertiary/aromatic N) is 2. The van der Waals surface area contributed by atoms with Gasteiger partial charge in [-0.05, 0) is 18.6 Å². The molecule has 0 atom stereocenters. The van der Waals surface area contributed by atoms with Gasteiger partial charge < -0.3 is 10.2 Å². The summed E-state index contributed by atoms with van der Waals surface area (Å²) >= 11 is 1.58. The van der Waals surface area contributed by atoms with E-state index in [1.165, 1.54) is 0 Å². The number of amides is 1. The van der Waals surface area contributed by atoms with Gasteiger partial charge in [-0.15, -0.1) is 11.3 Å². The van der Waals surface area contributed by atoms with E-state index in [9.17, 15) is 4.79 Å². The van der Waals surface area contributed by atoms with Crippen molar-refractivity contribution in [2.45, 2.75) is 12.8 Å². The van der Waals surface area contributed by atoms with Crippen LogP contribution in [0.4, 0.5) is 10.8 Å². The highest BCUT2D eigenvalue weighted by molar-refractivity contribution is 7.14. The van der Waals surface area contributed by atoms with Crippen LogP contribution >= 0.6 is 11.3 Å². The molecule has 2 heterocycles. The van der Waals surface area contributed by atoms with Crippen molar-refractivity contribution in [2.75, 3.05) is 23.8 Å². The van der Waals surface area contributed by atoms with Gasteiger partial charge in [0.2, 0.25) is 5.91 Å². The van der Waals surface area contributed by atoms with Crippen molar-refractivity contribution in [3.05, 3.63) is 29.6 Å². The summed E-state index contributed by atoms with van der Waals surface area (Å²) in [5.74, 6) is 0.214. The zero-order chi connectivity index (χ0) is 13.2. The van der Waals surface area contributed by atoms with Crippen LogP contribution in [0, 0.1) is 0 Å². The van der Waals surface area contributed by atoms with E-state index in [2.05, 4.69) is 10.3 Å². The first-order chi connectivity index (χ1) is 9.28. The maximum absolute atomic E-state index is 11.8. The SMILES string of the molecule is CNc1nc(-c2cccc(N3CCCC3=O)c2)cs1. The third-order valence-corrected chi connectivity index (χ3v) is 4.10. The molecule has 0 saturated carbocycles. The lowest BCUT2D eigenvalue weighted by Crippen LogP contribution is -2.23. The van der Waals surface area contributed by atoms with Gasteiger partial charge in [0.05, 0.1) is 5.69 Å². The zero-order valence-corrected chi connectivity index (χ0v) is 11.5. The van der Waals surface area contributed by atoms with Crippen molar-refractivity contribution < 1.29 is 4.79 Å². The predicted octanol–water partition coefficient (Wildman–Crippen LogP) is 2.98. The van der Waals surface area contributed by atoms with Crippen molar-refractivity contribution >= 4 is 28.1 Å². The predicted molar refractivity (Wildman–Crippen MR) is 78.7 cm³/mol. The minimum atomic E-state index is 0.214. The molecule has 1 saturated heterocycles. The first-order valence-corrected chi connectivity index (χ1v) is 7.20. The fourth-order valence-electron chi connectivity index (χ4n) is 2.28. The molecule has 1 N–H and O–H groups in total. The first kappa shape index (κ1) is 12.2. The molecule has 0 radical (unpaired) electrons. The van der Waals surface area contributed by atoms with E-state index in [0.717, 1.165) is 35.0 Å². The molecular formula is C14H15N3OS. The van der Waals surface area contributed by atoms with Crippen LogP contribution in [0.3, 0.4) is 0 Å². The Balaban J connectivity index is 1.93. The van der Waals surface area contributed by atoms with E-state index >= 15 is 0 Å².